The maximum absolute atomic E-state index is 13.7. The minimum Gasteiger partial charge on any atom is -0.505 e. The summed E-state index contributed by atoms with van der Waals surface area (Å²) in [6.45, 7) is 5.84. The number of pyridine rings is 1. The van der Waals surface area contributed by atoms with E-state index >= 15 is 0 Å². The van der Waals surface area contributed by atoms with E-state index in [-0.39, 0.29) is 11.3 Å². The quantitative estimate of drug-likeness (QED) is 0.333. The molecule has 8 nitrogen and oxygen atoms in total. The molecule has 2 aliphatic heterocycles. The van der Waals surface area contributed by atoms with E-state index in [1.54, 1.807) is 41.8 Å². The first-order chi connectivity index (χ1) is 17.0. The number of morpholine rings is 1. The minimum atomic E-state index is -0.825. The Hall–Kier alpha value is -3.56. The van der Waals surface area contributed by atoms with Crippen molar-refractivity contribution >= 4 is 23.1 Å². The van der Waals surface area contributed by atoms with Gasteiger partial charge in [-0.3, -0.25) is 18.9 Å². The van der Waals surface area contributed by atoms with Gasteiger partial charge in [-0.05, 0) is 43.2 Å². The summed E-state index contributed by atoms with van der Waals surface area (Å²) in [6, 6.07) is 10.3. The number of halogens is 1. The van der Waals surface area contributed by atoms with Crippen LogP contribution in [0, 0.1) is 12.7 Å². The van der Waals surface area contributed by atoms with Crippen molar-refractivity contribution in [3.8, 4) is 0 Å². The lowest BCUT2D eigenvalue weighted by molar-refractivity contribution is -0.140. The second kappa shape index (κ2) is 9.59. The molecule has 182 valence electrons. The molecular formula is C26H27FN4O4. The van der Waals surface area contributed by atoms with Gasteiger partial charge in [-0.2, -0.15) is 0 Å². The summed E-state index contributed by atoms with van der Waals surface area (Å²) >= 11 is 0. The highest BCUT2D eigenvalue weighted by Crippen LogP contribution is 2.40. The van der Waals surface area contributed by atoms with Crippen molar-refractivity contribution in [2.24, 2.45) is 0 Å². The number of benzene rings is 1. The molecule has 0 unspecified atom stereocenters. The molecule has 0 aliphatic carbocycles. The van der Waals surface area contributed by atoms with Crippen molar-refractivity contribution < 1.29 is 23.8 Å². The van der Waals surface area contributed by atoms with E-state index in [0.717, 1.165) is 19.6 Å². The van der Waals surface area contributed by atoms with Crippen molar-refractivity contribution in [2.75, 3.05) is 39.4 Å². The van der Waals surface area contributed by atoms with Crippen molar-refractivity contribution in [2.45, 2.75) is 19.4 Å². The van der Waals surface area contributed by atoms with Crippen molar-refractivity contribution in [1.29, 1.82) is 0 Å². The van der Waals surface area contributed by atoms with Gasteiger partial charge in [-0.15, -0.1) is 0 Å². The fraction of sp³-hybridized carbons (Fsp3) is 0.346. The highest BCUT2D eigenvalue weighted by Gasteiger charge is 2.46. The molecule has 5 rings (SSSR count). The van der Waals surface area contributed by atoms with E-state index in [4.69, 9.17) is 4.74 Å². The number of aliphatic hydroxyl groups is 1. The summed E-state index contributed by atoms with van der Waals surface area (Å²) in [6.07, 6.45) is 2.40. The third-order valence-corrected chi connectivity index (χ3v) is 6.63. The lowest BCUT2D eigenvalue weighted by Gasteiger charge is -2.29. The maximum Gasteiger partial charge on any atom is 0.295 e. The zero-order chi connectivity index (χ0) is 24.5. The van der Waals surface area contributed by atoms with E-state index in [1.165, 1.54) is 17.0 Å². The number of Topliss-reactive ketones (excluding diaryl/α,β-unsaturated/α-hetero) is 1. The molecule has 2 aromatic heterocycles. The smallest absolute Gasteiger partial charge is 0.295 e. The van der Waals surface area contributed by atoms with E-state index in [2.05, 4.69) is 9.88 Å². The van der Waals surface area contributed by atoms with Crippen LogP contribution < -0.4 is 0 Å². The molecule has 1 aromatic carbocycles. The lowest BCUT2D eigenvalue weighted by Crippen LogP contribution is -2.38. The van der Waals surface area contributed by atoms with E-state index in [1.807, 2.05) is 6.07 Å². The van der Waals surface area contributed by atoms with E-state index < -0.39 is 23.5 Å². The maximum atomic E-state index is 13.7. The Morgan fingerprint density at radius 2 is 1.86 bits per heavy atom. The number of carbonyl (C=O) groups excluding carboxylic acids is 2. The normalized spacial score (nSPS) is 20.7. The molecule has 0 bridgehead atoms. The molecule has 0 spiro atoms. The van der Waals surface area contributed by atoms with Gasteiger partial charge in [0.25, 0.3) is 11.7 Å². The summed E-state index contributed by atoms with van der Waals surface area (Å²) in [5.41, 5.74) is 2.06. The first-order valence-electron chi connectivity index (χ1n) is 11.7. The number of rotatable bonds is 6. The lowest BCUT2D eigenvalue weighted by atomic mass is 9.96. The number of ether oxygens (including phenoxy) is 1. The number of aliphatic hydroxyl groups excluding tert-OH is 1. The molecule has 2 saturated heterocycles. The van der Waals surface area contributed by atoms with Gasteiger partial charge >= 0.3 is 0 Å². The number of amides is 1. The Morgan fingerprint density at radius 1 is 1.11 bits per heavy atom. The van der Waals surface area contributed by atoms with Gasteiger partial charge < -0.3 is 14.7 Å². The van der Waals surface area contributed by atoms with Gasteiger partial charge in [-0.1, -0.05) is 18.2 Å². The number of ketones is 1. The van der Waals surface area contributed by atoms with Crippen LogP contribution in [0.3, 0.4) is 0 Å². The van der Waals surface area contributed by atoms with Gasteiger partial charge in [0.2, 0.25) is 0 Å². The largest absolute Gasteiger partial charge is 0.505 e. The number of likely N-dealkylation sites (tertiary alicyclic amines) is 1. The molecular weight excluding hydrogens is 451 g/mol. The number of fused-ring (bicyclic) bond motifs is 1. The predicted molar refractivity (Wildman–Crippen MR) is 127 cm³/mol. The number of aromatic nitrogens is 2. The molecule has 0 saturated carbocycles. The summed E-state index contributed by atoms with van der Waals surface area (Å²) in [5, 5.41) is 11.4. The average Bonchev–Trinajstić information content (AvgIpc) is 3.33. The van der Waals surface area contributed by atoms with Crippen LogP contribution in [-0.2, 0) is 14.3 Å². The molecule has 1 amide bonds. The van der Waals surface area contributed by atoms with Gasteiger partial charge in [0.05, 0.1) is 30.5 Å². The van der Waals surface area contributed by atoms with Crippen LogP contribution in [0.1, 0.15) is 29.4 Å². The Kier molecular flexibility index (Phi) is 6.36. The van der Waals surface area contributed by atoms with Gasteiger partial charge in [0.1, 0.15) is 17.2 Å². The number of hydrogen-bond acceptors (Lipinski definition) is 6. The van der Waals surface area contributed by atoms with E-state index in [9.17, 15) is 19.1 Å². The van der Waals surface area contributed by atoms with Crippen LogP contribution in [0.2, 0.25) is 0 Å². The molecule has 0 radical (unpaired) electrons. The Morgan fingerprint density at radius 3 is 2.60 bits per heavy atom. The fourth-order valence-electron chi connectivity index (χ4n) is 4.92. The molecule has 35 heavy (non-hydrogen) atoms. The third kappa shape index (κ3) is 4.33. The van der Waals surface area contributed by atoms with Crippen LogP contribution >= 0.6 is 0 Å². The fourth-order valence-corrected chi connectivity index (χ4v) is 4.92. The second-order valence-electron chi connectivity index (χ2n) is 8.83. The summed E-state index contributed by atoms with van der Waals surface area (Å²) in [5.74, 6) is -2.14. The molecule has 1 N–H and O–H groups in total. The minimum absolute atomic E-state index is 0.0123. The van der Waals surface area contributed by atoms with Crippen LogP contribution in [0.15, 0.2) is 54.2 Å². The molecule has 2 fully saturated rings. The average molecular weight is 479 g/mol. The molecule has 4 heterocycles. The van der Waals surface area contributed by atoms with Crippen molar-refractivity contribution in [3.63, 3.8) is 0 Å². The highest BCUT2D eigenvalue weighted by molar-refractivity contribution is 6.46. The second-order valence-corrected chi connectivity index (χ2v) is 8.83. The highest BCUT2D eigenvalue weighted by atomic mass is 19.1. The monoisotopic (exact) mass is 478 g/mol. The van der Waals surface area contributed by atoms with Crippen molar-refractivity contribution in [1.82, 2.24) is 19.2 Å². The van der Waals surface area contributed by atoms with Crippen molar-refractivity contribution in [3.05, 3.63) is 77.0 Å². The Bertz CT molecular complexity index is 1290. The Labute approximate surface area is 202 Å². The summed E-state index contributed by atoms with van der Waals surface area (Å²) < 4.78 is 20.8. The molecule has 1 atom stereocenters. The number of imidazole rings is 1. The first kappa shape index (κ1) is 23.2. The zero-order valence-electron chi connectivity index (χ0n) is 19.5. The number of aryl methyl sites for hydroxylation is 1. The molecule has 9 heteroatoms. The number of nitrogens with zero attached hydrogens (tertiary/aromatic N) is 4. The number of hydrogen-bond donors (Lipinski definition) is 1. The van der Waals surface area contributed by atoms with Gasteiger partial charge in [0.15, 0.2) is 5.76 Å². The zero-order valence-corrected chi connectivity index (χ0v) is 19.5. The predicted octanol–water partition coefficient (Wildman–Crippen LogP) is 2.93. The topological polar surface area (TPSA) is 87.4 Å². The van der Waals surface area contributed by atoms with Gasteiger partial charge in [0, 0.05) is 32.4 Å². The Balaban J connectivity index is 1.54. The van der Waals surface area contributed by atoms with Crippen LogP contribution in [-0.4, -0.2) is 75.4 Å². The first-order valence-corrected chi connectivity index (χ1v) is 11.7. The third-order valence-electron chi connectivity index (χ3n) is 6.63. The number of carbonyl (C=O) groups is 2. The van der Waals surface area contributed by atoms with Crippen LogP contribution in [0.5, 0.6) is 0 Å². The van der Waals surface area contributed by atoms with E-state index in [0.29, 0.717) is 48.8 Å². The van der Waals surface area contributed by atoms with Gasteiger partial charge in [-0.25, -0.2) is 9.37 Å². The SMILES string of the molecule is Cc1nc2ccccn2c1/C(O)=C1\C(=O)C(=O)N(CCCN2CCOCC2)[C@H]1c1ccc(F)cc1. The van der Waals surface area contributed by atoms with Crippen LogP contribution in [0.4, 0.5) is 4.39 Å². The molecule has 2 aliphatic rings. The summed E-state index contributed by atoms with van der Waals surface area (Å²) in [7, 11) is 0. The van der Waals surface area contributed by atoms with Crippen LogP contribution in [0.25, 0.3) is 11.4 Å². The summed E-state index contributed by atoms with van der Waals surface area (Å²) in [4.78, 5) is 34.7. The molecule has 3 aromatic rings. The standard InChI is InChI=1S/C26H27FN4O4/c1-17-22(30-11-3-2-5-20(30)28-17)24(32)21-23(18-6-8-19(27)9-7-18)31(26(34)25(21)33)12-4-10-29-13-15-35-16-14-29/h2-3,5-9,11,23,32H,4,10,12-16H2,1H3/b24-21+/t23-/m0/s1.